The maximum Gasteiger partial charge on any atom is 0.131 e. The molecular weight excluding hydrogens is 186 g/mol. The van der Waals surface area contributed by atoms with Crippen LogP contribution in [0.25, 0.3) is 0 Å². The van der Waals surface area contributed by atoms with Crippen LogP contribution in [0.5, 0.6) is 0 Å². The predicted octanol–water partition coefficient (Wildman–Crippen LogP) is 0.822. The maximum atomic E-state index is 5.44. The minimum Gasteiger partial charge on any atom is -0.384 e. The van der Waals surface area contributed by atoms with Crippen LogP contribution in [-0.4, -0.2) is 23.9 Å². The first kappa shape index (κ1) is 10.6. The van der Waals surface area contributed by atoms with Gasteiger partial charge in [0.1, 0.15) is 10.0 Å². The average molecular weight is 201 g/mol. The van der Waals surface area contributed by atoms with E-state index in [2.05, 4.69) is 17.1 Å². The quantitative estimate of drug-likeness (QED) is 0.766. The van der Waals surface area contributed by atoms with Crippen LogP contribution in [0.3, 0.4) is 0 Å². The first-order valence-corrected chi connectivity index (χ1v) is 5.08. The minimum atomic E-state index is 0.482. The Morgan fingerprint density at radius 1 is 1.46 bits per heavy atom. The number of nitrogens with zero attached hydrogens (tertiary/aromatic N) is 2. The Morgan fingerprint density at radius 3 is 2.69 bits per heavy atom. The van der Waals surface area contributed by atoms with E-state index >= 15 is 0 Å². The van der Waals surface area contributed by atoms with E-state index in [0.29, 0.717) is 12.5 Å². The Balaban J connectivity index is 2.44. The molecule has 0 spiro atoms. The van der Waals surface area contributed by atoms with Crippen LogP contribution in [0.1, 0.15) is 16.9 Å². The van der Waals surface area contributed by atoms with E-state index in [0.717, 1.165) is 23.0 Å². The molecule has 0 aromatic carbocycles. The van der Waals surface area contributed by atoms with Gasteiger partial charge in [-0.2, -0.15) is 0 Å². The second-order valence-corrected chi connectivity index (χ2v) is 4.20. The summed E-state index contributed by atoms with van der Waals surface area (Å²) in [5.74, 6) is 0.489. The maximum absolute atomic E-state index is 5.44. The molecule has 0 saturated heterocycles. The second-order valence-electron chi connectivity index (χ2n) is 3.06. The Kier molecular flexibility index (Phi) is 4.27. The predicted molar refractivity (Wildman–Crippen MR) is 52.5 cm³/mol. The number of hydrogen-bond acceptors (Lipinski definition) is 5. The molecule has 74 valence electrons. The lowest BCUT2D eigenvalue weighted by Crippen LogP contribution is -2.06. The number of rotatable bonds is 5. The number of aromatic nitrogens is 2. The summed E-state index contributed by atoms with van der Waals surface area (Å²) in [5.41, 5.74) is 5.44. The molecular formula is C8H15N3OS. The van der Waals surface area contributed by atoms with Crippen molar-refractivity contribution in [3.05, 3.63) is 10.0 Å². The highest BCUT2D eigenvalue weighted by molar-refractivity contribution is 7.11. The smallest absolute Gasteiger partial charge is 0.131 e. The molecule has 0 aliphatic rings. The summed E-state index contributed by atoms with van der Waals surface area (Å²) in [4.78, 5) is 0. The lowest BCUT2D eigenvalue weighted by atomic mass is 10.1. The SMILES string of the molecule is COCC(C)Cc1nnc(CN)s1. The summed E-state index contributed by atoms with van der Waals surface area (Å²) in [7, 11) is 1.71. The van der Waals surface area contributed by atoms with E-state index in [9.17, 15) is 0 Å². The molecule has 1 aromatic heterocycles. The van der Waals surface area contributed by atoms with Crippen LogP contribution >= 0.6 is 11.3 Å². The Morgan fingerprint density at radius 2 is 2.15 bits per heavy atom. The summed E-state index contributed by atoms with van der Waals surface area (Å²) >= 11 is 1.58. The van der Waals surface area contributed by atoms with Gasteiger partial charge in [-0.05, 0) is 5.92 Å². The highest BCUT2D eigenvalue weighted by Crippen LogP contribution is 2.13. The zero-order valence-corrected chi connectivity index (χ0v) is 8.80. The van der Waals surface area contributed by atoms with Gasteiger partial charge in [-0.25, -0.2) is 0 Å². The van der Waals surface area contributed by atoms with Gasteiger partial charge in [0.15, 0.2) is 0 Å². The van der Waals surface area contributed by atoms with Gasteiger partial charge in [-0.3, -0.25) is 0 Å². The van der Waals surface area contributed by atoms with E-state index < -0.39 is 0 Å². The van der Waals surface area contributed by atoms with Crippen molar-refractivity contribution in [1.29, 1.82) is 0 Å². The van der Waals surface area contributed by atoms with Crippen LogP contribution in [-0.2, 0) is 17.7 Å². The Bertz CT molecular complexity index is 251. The van der Waals surface area contributed by atoms with Gasteiger partial charge < -0.3 is 10.5 Å². The van der Waals surface area contributed by atoms with Crippen LogP contribution < -0.4 is 5.73 Å². The lowest BCUT2D eigenvalue weighted by Gasteiger charge is -2.05. The largest absolute Gasteiger partial charge is 0.384 e. The van der Waals surface area contributed by atoms with Gasteiger partial charge in [0.05, 0.1) is 0 Å². The molecule has 5 heteroatoms. The van der Waals surface area contributed by atoms with Gasteiger partial charge >= 0.3 is 0 Å². The second kappa shape index (κ2) is 5.26. The van der Waals surface area contributed by atoms with Crippen LogP contribution in [0.2, 0.25) is 0 Å². The van der Waals surface area contributed by atoms with Crippen LogP contribution in [0.4, 0.5) is 0 Å². The third-order valence-electron chi connectivity index (χ3n) is 1.66. The van der Waals surface area contributed by atoms with Crippen molar-refractivity contribution in [1.82, 2.24) is 10.2 Å². The number of nitrogens with two attached hydrogens (primary N) is 1. The fraction of sp³-hybridized carbons (Fsp3) is 0.750. The summed E-state index contributed by atoms with van der Waals surface area (Å²) in [6.45, 7) is 3.38. The molecule has 0 radical (unpaired) electrons. The molecule has 0 saturated carbocycles. The Hall–Kier alpha value is -0.520. The zero-order chi connectivity index (χ0) is 9.68. The molecule has 2 N–H and O–H groups in total. The highest BCUT2D eigenvalue weighted by atomic mass is 32.1. The third kappa shape index (κ3) is 3.38. The first-order valence-electron chi connectivity index (χ1n) is 4.26. The minimum absolute atomic E-state index is 0.482. The Labute approximate surface area is 82.1 Å². The van der Waals surface area contributed by atoms with Crippen molar-refractivity contribution in [2.75, 3.05) is 13.7 Å². The normalized spacial score (nSPS) is 13.2. The van der Waals surface area contributed by atoms with Gasteiger partial charge in [0.2, 0.25) is 0 Å². The third-order valence-corrected chi connectivity index (χ3v) is 2.63. The van der Waals surface area contributed by atoms with Crippen molar-refractivity contribution < 1.29 is 4.74 Å². The van der Waals surface area contributed by atoms with E-state index in [1.165, 1.54) is 0 Å². The summed E-state index contributed by atoms with van der Waals surface area (Å²) in [6.07, 6.45) is 0.922. The molecule has 0 aliphatic heterocycles. The van der Waals surface area contributed by atoms with Gasteiger partial charge in [0.25, 0.3) is 0 Å². The summed E-state index contributed by atoms with van der Waals surface area (Å²) in [6, 6.07) is 0. The van der Waals surface area contributed by atoms with Crippen molar-refractivity contribution in [2.45, 2.75) is 19.9 Å². The fourth-order valence-electron chi connectivity index (χ4n) is 1.09. The fourth-order valence-corrected chi connectivity index (χ4v) is 1.98. The van der Waals surface area contributed by atoms with Crippen molar-refractivity contribution >= 4 is 11.3 Å². The zero-order valence-electron chi connectivity index (χ0n) is 7.99. The molecule has 1 heterocycles. The topological polar surface area (TPSA) is 61.0 Å². The molecule has 1 unspecified atom stereocenters. The molecule has 1 rings (SSSR count). The van der Waals surface area contributed by atoms with Gasteiger partial charge in [0, 0.05) is 26.7 Å². The molecule has 0 bridgehead atoms. The number of methoxy groups -OCH3 is 1. The van der Waals surface area contributed by atoms with Crippen LogP contribution in [0, 0.1) is 5.92 Å². The van der Waals surface area contributed by atoms with Gasteiger partial charge in [-0.15, -0.1) is 21.5 Å². The standard InChI is InChI=1S/C8H15N3OS/c1-6(5-12-2)3-7-10-11-8(4-9)13-7/h6H,3-5,9H2,1-2H3. The molecule has 0 fully saturated rings. The molecule has 1 atom stereocenters. The first-order chi connectivity index (χ1) is 6.26. The molecule has 4 nitrogen and oxygen atoms in total. The average Bonchev–Trinajstić information content (AvgIpc) is 2.52. The lowest BCUT2D eigenvalue weighted by molar-refractivity contribution is 0.159. The number of ether oxygens (including phenoxy) is 1. The van der Waals surface area contributed by atoms with Crippen molar-refractivity contribution in [3.8, 4) is 0 Å². The van der Waals surface area contributed by atoms with Crippen molar-refractivity contribution in [3.63, 3.8) is 0 Å². The summed E-state index contributed by atoms with van der Waals surface area (Å²) < 4.78 is 5.04. The monoisotopic (exact) mass is 201 g/mol. The van der Waals surface area contributed by atoms with Gasteiger partial charge in [-0.1, -0.05) is 6.92 Å². The molecule has 13 heavy (non-hydrogen) atoms. The van der Waals surface area contributed by atoms with E-state index in [1.54, 1.807) is 18.4 Å². The molecule has 0 aliphatic carbocycles. The highest BCUT2D eigenvalue weighted by Gasteiger charge is 2.07. The molecule has 0 amide bonds. The summed E-state index contributed by atoms with van der Waals surface area (Å²) in [5, 5.41) is 9.94. The van der Waals surface area contributed by atoms with E-state index in [4.69, 9.17) is 10.5 Å². The van der Waals surface area contributed by atoms with E-state index in [-0.39, 0.29) is 0 Å². The van der Waals surface area contributed by atoms with E-state index in [1.807, 2.05) is 0 Å². The van der Waals surface area contributed by atoms with Crippen molar-refractivity contribution in [2.24, 2.45) is 11.7 Å². The number of hydrogen-bond donors (Lipinski definition) is 1. The van der Waals surface area contributed by atoms with Crippen LogP contribution in [0.15, 0.2) is 0 Å². The molecule has 1 aromatic rings.